The van der Waals surface area contributed by atoms with E-state index in [1.165, 1.54) is 0 Å². The first-order chi connectivity index (χ1) is 14.9. The molecule has 2 saturated heterocycles. The standard InChI is InChI=1S/C22H28F2N4O3/c1-30-18-12-16-17(13-19(18)31-2)25-14-26-21(16)28-7-3-15(4-8-28)11-20(29)27-9-5-22(23,24)6-10-27/h12-15H,3-11H2,1-2H3. The number of carbonyl (C=O) groups excluding carboxylic acids is 1. The molecule has 0 saturated carbocycles. The first kappa shape index (κ1) is 21.5. The number of piperidine rings is 2. The van der Waals surface area contributed by atoms with Crippen molar-refractivity contribution in [2.75, 3.05) is 45.3 Å². The molecule has 0 N–H and O–H groups in total. The van der Waals surface area contributed by atoms with E-state index < -0.39 is 5.92 Å². The van der Waals surface area contributed by atoms with Crippen LogP contribution in [0.5, 0.6) is 11.5 Å². The highest BCUT2D eigenvalue weighted by Gasteiger charge is 2.36. The van der Waals surface area contributed by atoms with E-state index >= 15 is 0 Å². The molecular weight excluding hydrogens is 406 g/mol. The van der Waals surface area contributed by atoms with Gasteiger partial charge in [0, 0.05) is 56.9 Å². The lowest BCUT2D eigenvalue weighted by Gasteiger charge is -2.35. The third kappa shape index (κ3) is 4.65. The van der Waals surface area contributed by atoms with Gasteiger partial charge in [-0.05, 0) is 24.8 Å². The molecule has 2 aliphatic rings. The van der Waals surface area contributed by atoms with E-state index in [0.717, 1.165) is 42.7 Å². The van der Waals surface area contributed by atoms with Crippen molar-refractivity contribution in [2.45, 2.75) is 38.0 Å². The molecule has 0 radical (unpaired) electrons. The number of methoxy groups -OCH3 is 2. The Hall–Kier alpha value is -2.71. The van der Waals surface area contributed by atoms with Gasteiger partial charge < -0.3 is 19.3 Å². The predicted molar refractivity (Wildman–Crippen MR) is 113 cm³/mol. The monoisotopic (exact) mass is 434 g/mol. The largest absolute Gasteiger partial charge is 0.493 e. The summed E-state index contributed by atoms with van der Waals surface area (Å²) >= 11 is 0. The molecule has 9 heteroatoms. The summed E-state index contributed by atoms with van der Waals surface area (Å²) in [7, 11) is 3.19. The molecule has 3 heterocycles. The van der Waals surface area contributed by atoms with Crippen LogP contribution in [0.2, 0.25) is 0 Å². The summed E-state index contributed by atoms with van der Waals surface area (Å²) in [5, 5.41) is 0.893. The number of fused-ring (bicyclic) bond motifs is 1. The van der Waals surface area contributed by atoms with Crippen molar-refractivity contribution in [3.05, 3.63) is 18.5 Å². The van der Waals surface area contributed by atoms with E-state index in [2.05, 4.69) is 14.9 Å². The van der Waals surface area contributed by atoms with Gasteiger partial charge in [-0.1, -0.05) is 0 Å². The van der Waals surface area contributed by atoms with Crippen molar-refractivity contribution in [2.24, 2.45) is 5.92 Å². The van der Waals surface area contributed by atoms with Crippen LogP contribution in [-0.2, 0) is 4.79 Å². The number of aromatic nitrogens is 2. The molecule has 31 heavy (non-hydrogen) atoms. The van der Waals surface area contributed by atoms with Crippen LogP contribution in [0.15, 0.2) is 18.5 Å². The molecule has 1 amide bonds. The normalized spacial score (nSPS) is 19.5. The number of ether oxygens (including phenoxy) is 2. The zero-order valence-corrected chi connectivity index (χ0v) is 17.9. The quantitative estimate of drug-likeness (QED) is 0.718. The molecule has 0 unspecified atom stereocenters. The molecule has 2 aliphatic heterocycles. The molecule has 2 fully saturated rings. The Morgan fingerprint density at radius 1 is 1.06 bits per heavy atom. The molecule has 0 spiro atoms. The van der Waals surface area contributed by atoms with Crippen molar-refractivity contribution in [3.8, 4) is 11.5 Å². The number of amides is 1. The molecule has 1 aromatic heterocycles. The zero-order chi connectivity index (χ0) is 22.0. The molecule has 4 rings (SSSR count). The summed E-state index contributed by atoms with van der Waals surface area (Å²) in [6.07, 6.45) is 3.22. The van der Waals surface area contributed by atoms with Gasteiger partial charge in [-0.25, -0.2) is 18.7 Å². The van der Waals surface area contributed by atoms with E-state index in [4.69, 9.17) is 9.47 Å². The fourth-order valence-electron chi connectivity index (χ4n) is 4.43. The van der Waals surface area contributed by atoms with Crippen molar-refractivity contribution >= 4 is 22.6 Å². The van der Waals surface area contributed by atoms with Gasteiger partial charge in [0.25, 0.3) is 5.92 Å². The Morgan fingerprint density at radius 3 is 2.35 bits per heavy atom. The highest BCUT2D eigenvalue weighted by Crippen LogP contribution is 2.36. The Balaban J connectivity index is 1.40. The molecule has 2 aromatic rings. The van der Waals surface area contributed by atoms with Gasteiger partial charge in [-0.15, -0.1) is 0 Å². The molecule has 0 atom stereocenters. The maximum absolute atomic E-state index is 13.3. The van der Waals surface area contributed by atoms with Gasteiger partial charge in [-0.3, -0.25) is 4.79 Å². The lowest BCUT2D eigenvalue weighted by Crippen LogP contribution is -2.44. The average Bonchev–Trinajstić information content (AvgIpc) is 2.78. The number of alkyl halides is 2. The lowest BCUT2D eigenvalue weighted by atomic mass is 9.92. The van der Waals surface area contributed by atoms with Crippen LogP contribution in [0.4, 0.5) is 14.6 Å². The fraction of sp³-hybridized carbons (Fsp3) is 0.591. The van der Waals surface area contributed by atoms with Crippen LogP contribution in [0.25, 0.3) is 10.9 Å². The van der Waals surface area contributed by atoms with Gasteiger partial charge in [0.2, 0.25) is 5.91 Å². The van der Waals surface area contributed by atoms with Crippen molar-refractivity contribution in [1.29, 1.82) is 0 Å². The van der Waals surface area contributed by atoms with E-state index in [9.17, 15) is 13.6 Å². The maximum atomic E-state index is 13.3. The Kier molecular flexibility index (Phi) is 6.11. The summed E-state index contributed by atoms with van der Waals surface area (Å²) in [5.41, 5.74) is 0.779. The van der Waals surface area contributed by atoms with Gasteiger partial charge in [0.05, 0.1) is 19.7 Å². The van der Waals surface area contributed by atoms with Crippen LogP contribution in [-0.4, -0.2) is 67.1 Å². The number of hydrogen-bond donors (Lipinski definition) is 0. The highest BCUT2D eigenvalue weighted by atomic mass is 19.3. The van der Waals surface area contributed by atoms with Crippen LogP contribution in [0.3, 0.4) is 0 Å². The number of carbonyl (C=O) groups is 1. The summed E-state index contributed by atoms with van der Waals surface area (Å²) in [6.45, 7) is 1.86. The van der Waals surface area contributed by atoms with Crippen molar-refractivity contribution < 1.29 is 23.0 Å². The Morgan fingerprint density at radius 2 is 1.71 bits per heavy atom. The number of anilines is 1. The molecule has 0 bridgehead atoms. The maximum Gasteiger partial charge on any atom is 0.251 e. The smallest absolute Gasteiger partial charge is 0.251 e. The van der Waals surface area contributed by atoms with E-state index in [1.54, 1.807) is 25.4 Å². The second-order valence-electron chi connectivity index (χ2n) is 8.29. The number of likely N-dealkylation sites (tertiary alicyclic amines) is 1. The third-order valence-corrected chi connectivity index (χ3v) is 6.34. The second-order valence-corrected chi connectivity index (χ2v) is 8.29. The van der Waals surface area contributed by atoms with Crippen LogP contribution >= 0.6 is 0 Å². The van der Waals surface area contributed by atoms with Crippen LogP contribution < -0.4 is 14.4 Å². The fourth-order valence-corrected chi connectivity index (χ4v) is 4.43. The molecule has 0 aliphatic carbocycles. The topological polar surface area (TPSA) is 67.8 Å². The predicted octanol–water partition coefficient (Wildman–Crippen LogP) is 3.51. The Labute approximate surface area is 180 Å². The first-order valence-corrected chi connectivity index (χ1v) is 10.7. The number of benzene rings is 1. The lowest BCUT2D eigenvalue weighted by molar-refractivity contribution is -0.138. The average molecular weight is 434 g/mol. The summed E-state index contributed by atoms with van der Waals surface area (Å²) in [6, 6.07) is 3.73. The van der Waals surface area contributed by atoms with E-state index in [1.807, 2.05) is 12.1 Å². The first-order valence-electron chi connectivity index (χ1n) is 10.7. The minimum Gasteiger partial charge on any atom is -0.493 e. The highest BCUT2D eigenvalue weighted by molar-refractivity contribution is 5.92. The van der Waals surface area contributed by atoms with Gasteiger partial charge in [0.15, 0.2) is 11.5 Å². The van der Waals surface area contributed by atoms with Crippen molar-refractivity contribution in [1.82, 2.24) is 14.9 Å². The zero-order valence-electron chi connectivity index (χ0n) is 17.9. The van der Waals surface area contributed by atoms with Gasteiger partial charge >= 0.3 is 0 Å². The van der Waals surface area contributed by atoms with E-state index in [-0.39, 0.29) is 37.8 Å². The molecular formula is C22H28F2N4O3. The molecule has 168 valence electrons. The summed E-state index contributed by atoms with van der Waals surface area (Å²) < 4.78 is 37.5. The SMILES string of the molecule is COc1cc2ncnc(N3CCC(CC(=O)N4CCC(F)(F)CC4)CC3)c2cc1OC. The van der Waals surface area contributed by atoms with Gasteiger partial charge in [-0.2, -0.15) is 0 Å². The third-order valence-electron chi connectivity index (χ3n) is 6.34. The van der Waals surface area contributed by atoms with Crippen LogP contribution in [0.1, 0.15) is 32.1 Å². The minimum atomic E-state index is -2.63. The van der Waals surface area contributed by atoms with Gasteiger partial charge in [0.1, 0.15) is 12.1 Å². The number of nitrogens with zero attached hydrogens (tertiary/aromatic N) is 4. The number of halogens is 2. The summed E-state index contributed by atoms with van der Waals surface area (Å²) in [5.74, 6) is -0.290. The summed E-state index contributed by atoms with van der Waals surface area (Å²) in [4.78, 5) is 25.2. The number of rotatable bonds is 5. The van der Waals surface area contributed by atoms with E-state index in [0.29, 0.717) is 17.9 Å². The number of hydrogen-bond acceptors (Lipinski definition) is 6. The Bertz CT molecular complexity index is 938. The minimum absolute atomic E-state index is 0.00160. The van der Waals surface area contributed by atoms with Crippen molar-refractivity contribution in [3.63, 3.8) is 0 Å². The molecule has 1 aromatic carbocycles. The molecule has 7 nitrogen and oxygen atoms in total. The second kappa shape index (κ2) is 8.80. The van der Waals surface area contributed by atoms with Crippen LogP contribution in [0, 0.1) is 5.92 Å².